The molecule has 2 amide bonds. The first kappa shape index (κ1) is 31.0. The number of methoxy groups -OCH3 is 2. The third-order valence-electron chi connectivity index (χ3n) is 7.25. The number of urea groups is 1. The van der Waals surface area contributed by atoms with E-state index in [-0.39, 0.29) is 12.1 Å². The highest BCUT2D eigenvalue weighted by atomic mass is 32.2. The Morgan fingerprint density at radius 3 is 2.24 bits per heavy atom. The molecule has 3 N–H and O–H groups in total. The fourth-order valence-electron chi connectivity index (χ4n) is 4.94. The van der Waals surface area contributed by atoms with Gasteiger partial charge in [-0.2, -0.15) is 0 Å². The SMILES string of the molecule is CCC(CCCCCSc1nc(-c2ccc(OC)cc2)c(-c2ccc(OC)cc2)[nH]1)(NC(=O)NC(C)C)n1ccnc1. The number of benzene rings is 2. The van der Waals surface area contributed by atoms with Crippen LogP contribution in [-0.4, -0.2) is 51.6 Å². The van der Waals surface area contributed by atoms with Crippen LogP contribution in [-0.2, 0) is 5.66 Å². The van der Waals surface area contributed by atoms with Crippen molar-refractivity contribution in [1.29, 1.82) is 0 Å². The Hall–Kier alpha value is -3.92. The first-order valence-corrected chi connectivity index (χ1v) is 15.4. The number of imidazole rings is 2. The number of hydrogen-bond acceptors (Lipinski definition) is 6. The fraction of sp³-hybridized carbons (Fsp3) is 0.406. The third-order valence-corrected chi connectivity index (χ3v) is 8.21. The van der Waals surface area contributed by atoms with E-state index >= 15 is 0 Å². The van der Waals surface area contributed by atoms with E-state index in [1.165, 1.54) is 0 Å². The molecule has 4 aromatic rings. The van der Waals surface area contributed by atoms with E-state index in [0.717, 1.165) is 77.0 Å². The number of hydrogen-bond donors (Lipinski definition) is 3. The Bertz CT molecular complexity index is 1320. The summed E-state index contributed by atoms with van der Waals surface area (Å²) in [4.78, 5) is 25.4. The second-order valence-electron chi connectivity index (χ2n) is 10.5. The lowest BCUT2D eigenvalue weighted by Crippen LogP contribution is -2.54. The van der Waals surface area contributed by atoms with Crippen molar-refractivity contribution in [3.63, 3.8) is 0 Å². The second-order valence-corrected chi connectivity index (χ2v) is 11.6. The highest BCUT2D eigenvalue weighted by Gasteiger charge is 2.31. The number of carbonyl (C=O) groups is 1. The summed E-state index contributed by atoms with van der Waals surface area (Å²) in [7, 11) is 3.34. The molecule has 4 rings (SSSR count). The number of aromatic amines is 1. The molecule has 42 heavy (non-hydrogen) atoms. The van der Waals surface area contributed by atoms with E-state index in [9.17, 15) is 4.79 Å². The van der Waals surface area contributed by atoms with Gasteiger partial charge in [0, 0.05) is 35.3 Å². The van der Waals surface area contributed by atoms with E-state index < -0.39 is 5.66 Å². The van der Waals surface area contributed by atoms with E-state index in [2.05, 4.69) is 27.5 Å². The van der Waals surface area contributed by atoms with Crippen molar-refractivity contribution in [2.45, 2.75) is 69.7 Å². The number of ether oxygens (including phenoxy) is 2. The Balaban J connectivity index is 1.39. The van der Waals surface area contributed by atoms with Crippen LogP contribution in [0.15, 0.2) is 72.4 Å². The summed E-state index contributed by atoms with van der Waals surface area (Å²) in [5.41, 5.74) is 3.44. The van der Waals surface area contributed by atoms with E-state index in [0.29, 0.717) is 0 Å². The molecule has 0 saturated heterocycles. The van der Waals surface area contributed by atoms with Crippen LogP contribution in [0.1, 0.15) is 52.9 Å². The molecule has 0 fully saturated rings. The van der Waals surface area contributed by atoms with E-state index in [4.69, 9.17) is 14.5 Å². The highest BCUT2D eigenvalue weighted by Crippen LogP contribution is 2.34. The van der Waals surface area contributed by atoms with Gasteiger partial charge in [0.2, 0.25) is 0 Å². The van der Waals surface area contributed by atoms with Crippen molar-refractivity contribution >= 4 is 17.8 Å². The minimum absolute atomic E-state index is 0.0661. The number of H-pyrrole nitrogens is 1. The number of nitrogens with zero attached hydrogens (tertiary/aromatic N) is 3. The smallest absolute Gasteiger partial charge is 0.316 e. The second kappa shape index (κ2) is 14.8. The predicted molar refractivity (Wildman–Crippen MR) is 169 cm³/mol. The molecule has 224 valence electrons. The number of carbonyl (C=O) groups excluding carboxylic acids is 1. The van der Waals surface area contributed by atoms with Gasteiger partial charge in [0.25, 0.3) is 0 Å². The van der Waals surface area contributed by atoms with Gasteiger partial charge in [-0.15, -0.1) is 0 Å². The fourth-order valence-corrected chi connectivity index (χ4v) is 5.81. The maximum absolute atomic E-state index is 12.6. The van der Waals surface area contributed by atoms with Gasteiger partial charge >= 0.3 is 6.03 Å². The van der Waals surface area contributed by atoms with Crippen LogP contribution in [0.25, 0.3) is 22.5 Å². The number of rotatable bonds is 15. The van der Waals surface area contributed by atoms with Crippen molar-refractivity contribution in [2.75, 3.05) is 20.0 Å². The molecule has 0 spiro atoms. The molecule has 0 radical (unpaired) electrons. The number of nitrogens with one attached hydrogen (secondary N) is 3. The average Bonchev–Trinajstić information content (AvgIpc) is 3.69. The molecule has 1 unspecified atom stereocenters. The maximum Gasteiger partial charge on any atom is 0.316 e. The quantitative estimate of drug-likeness (QED) is 0.101. The van der Waals surface area contributed by atoms with Crippen LogP contribution in [0.5, 0.6) is 11.5 Å². The van der Waals surface area contributed by atoms with Crippen LogP contribution < -0.4 is 20.1 Å². The first-order chi connectivity index (χ1) is 20.4. The molecule has 0 aliphatic heterocycles. The van der Waals surface area contributed by atoms with Crippen LogP contribution in [0.3, 0.4) is 0 Å². The monoisotopic (exact) mass is 590 g/mol. The number of unbranched alkanes of at least 4 members (excludes halogenated alkanes) is 2. The van der Waals surface area contributed by atoms with Crippen LogP contribution >= 0.6 is 11.8 Å². The van der Waals surface area contributed by atoms with Crippen molar-refractivity contribution in [3.05, 3.63) is 67.3 Å². The molecule has 2 aromatic heterocycles. The zero-order valence-corrected chi connectivity index (χ0v) is 26.0. The third kappa shape index (κ3) is 7.88. The van der Waals surface area contributed by atoms with Crippen molar-refractivity contribution < 1.29 is 14.3 Å². The largest absolute Gasteiger partial charge is 0.497 e. The van der Waals surface area contributed by atoms with Crippen molar-refractivity contribution in [1.82, 2.24) is 30.2 Å². The number of aromatic nitrogens is 4. The van der Waals surface area contributed by atoms with Gasteiger partial charge in [0.15, 0.2) is 5.16 Å². The van der Waals surface area contributed by atoms with Gasteiger partial charge < -0.3 is 29.7 Å². The van der Waals surface area contributed by atoms with Gasteiger partial charge in [-0.05, 0) is 88.1 Å². The molecule has 0 aliphatic rings. The lowest BCUT2D eigenvalue weighted by atomic mass is 9.98. The first-order valence-electron chi connectivity index (χ1n) is 14.5. The Morgan fingerprint density at radius 2 is 1.67 bits per heavy atom. The lowest BCUT2D eigenvalue weighted by molar-refractivity contribution is 0.172. The average molecular weight is 591 g/mol. The summed E-state index contributed by atoms with van der Waals surface area (Å²) >= 11 is 1.73. The molecule has 10 heteroatoms. The molecular formula is C32H42N6O3S. The standard InChI is InChI=1S/C32H42N6O3S/c1-6-32(38-20-19-33-22-38,37-30(39)34-23(2)3)18-8-7-9-21-42-31-35-28(24-10-14-26(40-4)15-11-24)29(36-31)25-12-16-27(41-5)17-13-25/h10-17,19-20,22-23H,6-9,18,21H2,1-5H3,(H,35,36)(H2,34,37,39). The van der Waals surface area contributed by atoms with Crippen LogP contribution in [0, 0.1) is 0 Å². The minimum atomic E-state index is -0.510. The number of thioether (sulfide) groups is 1. The Morgan fingerprint density at radius 1 is 1.00 bits per heavy atom. The molecule has 1 atom stereocenters. The minimum Gasteiger partial charge on any atom is -0.497 e. The molecule has 0 bridgehead atoms. The summed E-state index contributed by atoms with van der Waals surface area (Å²) in [6.07, 6.45) is 10.1. The van der Waals surface area contributed by atoms with E-state index in [1.54, 1.807) is 38.5 Å². The molecule has 9 nitrogen and oxygen atoms in total. The lowest BCUT2D eigenvalue weighted by Gasteiger charge is -2.35. The highest BCUT2D eigenvalue weighted by molar-refractivity contribution is 7.99. The van der Waals surface area contributed by atoms with Crippen molar-refractivity contribution in [3.8, 4) is 34.0 Å². The summed E-state index contributed by atoms with van der Waals surface area (Å²) < 4.78 is 12.7. The number of amides is 2. The predicted octanol–water partition coefficient (Wildman–Crippen LogP) is 7.08. The summed E-state index contributed by atoms with van der Waals surface area (Å²) in [5.74, 6) is 2.56. The zero-order valence-electron chi connectivity index (χ0n) is 25.1. The molecule has 2 aromatic carbocycles. The molecule has 2 heterocycles. The van der Waals surface area contributed by atoms with Crippen molar-refractivity contribution in [2.24, 2.45) is 0 Å². The normalized spacial score (nSPS) is 12.6. The Kier molecular flexibility index (Phi) is 10.9. The summed E-state index contributed by atoms with van der Waals surface area (Å²) in [5, 5.41) is 7.07. The van der Waals surface area contributed by atoms with Crippen LogP contribution in [0.2, 0.25) is 0 Å². The summed E-state index contributed by atoms with van der Waals surface area (Å²) in [6, 6.07) is 15.9. The molecular weight excluding hydrogens is 548 g/mol. The zero-order chi connectivity index (χ0) is 30.0. The van der Waals surface area contributed by atoms with Gasteiger partial charge in [-0.1, -0.05) is 25.1 Å². The van der Waals surface area contributed by atoms with Gasteiger partial charge in [0.1, 0.15) is 17.2 Å². The van der Waals surface area contributed by atoms with Gasteiger partial charge in [-0.25, -0.2) is 14.8 Å². The summed E-state index contributed by atoms with van der Waals surface area (Å²) in [6.45, 7) is 6.02. The van der Waals surface area contributed by atoms with Gasteiger partial charge in [-0.3, -0.25) is 0 Å². The van der Waals surface area contributed by atoms with Gasteiger partial charge in [0.05, 0.1) is 31.9 Å². The molecule has 0 saturated carbocycles. The Labute approximate surface area is 252 Å². The maximum atomic E-state index is 12.6. The topological polar surface area (TPSA) is 106 Å². The van der Waals surface area contributed by atoms with Crippen LogP contribution in [0.4, 0.5) is 4.79 Å². The van der Waals surface area contributed by atoms with E-state index in [1.807, 2.05) is 73.1 Å². The molecule has 0 aliphatic carbocycles.